The van der Waals surface area contributed by atoms with Gasteiger partial charge in [0.15, 0.2) is 0 Å². The van der Waals surface area contributed by atoms with Gasteiger partial charge in [-0.15, -0.1) is 0 Å². The van der Waals surface area contributed by atoms with E-state index in [4.69, 9.17) is 0 Å². The van der Waals surface area contributed by atoms with Crippen LogP contribution in [0.2, 0.25) is 0 Å². The monoisotopic (exact) mass is 389 g/mol. The van der Waals surface area contributed by atoms with E-state index >= 15 is 0 Å². The maximum absolute atomic E-state index is 12.6. The molecule has 0 saturated carbocycles. The molecule has 2 aromatic carbocycles. The second-order valence-electron chi connectivity index (χ2n) is 10.1. The molecule has 3 aromatic rings. The Bertz CT molecular complexity index is 971. The van der Waals surface area contributed by atoms with Gasteiger partial charge in [0.25, 0.3) is 0 Å². The van der Waals surface area contributed by atoms with Crippen LogP contribution in [0.5, 0.6) is 0 Å². The minimum atomic E-state index is -4.09. The van der Waals surface area contributed by atoms with Crippen LogP contribution in [0, 0.1) is 10.8 Å². The van der Waals surface area contributed by atoms with Gasteiger partial charge in [-0.1, -0.05) is 52.8 Å². The molecule has 1 aromatic heterocycles. The molecule has 3 rings (SSSR count). The number of rotatable bonds is 5. The van der Waals surface area contributed by atoms with Gasteiger partial charge in [-0.25, -0.2) is 0 Å². The molecule has 0 amide bonds. The summed E-state index contributed by atoms with van der Waals surface area (Å²) < 4.78 is 37.8. The van der Waals surface area contributed by atoms with E-state index in [0.717, 1.165) is 28.4 Å². The van der Waals surface area contributed by atoms with Crippen molar-refractivity contribution in [3.8, 4) is 0 Å². The van der Waals surface area contributed by atoms with E-state index in [0.29, 0.717) is 6.42 Å². The van der Waals surface area contributed by atoms with Gasteiger partial charge in [0, 0.05) is 28.2 Å². The number of halogens is 3. The number of hydrogen-bond donors (Lipinski definition) is 1. The Hall–Kier alpha value is -1.97. The lowest BCUT2D eigenvalue weighted by molar-refractivity contribution is -0.140. The van der Waals surface area contributed by atoms with E-state index in [1.807, 2.05) is 26.0 Å². The van der Waals surface area contributed by atoms with Gasteiger partial charge in [0.1, 0.15) is 0 Å². The summed E-state index contributed by atoms with van der Waals surface area (Å²) in [4.78, 5) is 3.49. The number of aromatic nitrogens is 1. The third-order valence-corrected chi connectivity index (χ3v) is 5.23. The smallest absolute Gasteiger partial charge is 0.355 e. The van der Waals surface area contributed by atoms with Crippen LogP contribution in [-0.2, 0) is 12.8 Å². The maximum Gasteiger partial charge on any atom is 0.389 e. The predicted molar refractivity (Wildman–Crippen MR) is 112 cm³/mol. The van der Waals surface area contributed by atoms with E-state index in [-0.39, 0.29) is 11.8 Å². The second kappa shape index (κ2) is 7.13. The summed E-state index contributed by atoms with van der Waals surface area (Å²) in [7, 11) is 0. The van der Waals surface area contributed by atoms with Gasteiger partial charge >= 0.3 is 6.18 Å². The van der Waals surface area contributed by atoms with Crippen molar-refractivity contribution in [3.05, 3.63) is 47.5 Å². The number of nitrogens with one attached hydrogen (secondary N) is 1. The zero-order valence-corrected chi connectivity index (χ0v) is 17.4. The van der Waals surface area contributed by atoms with Crippen molar-refractivity contribution < 1.29 is 13.2 Å². The molecule has 0 bridgehead atoms. The van der Waals surface area contributed by atoms with E-state index < -0.39 is 18.0 Å². The summed E-state index contributed by atoms with van der Waals surface area (Å²) in [6.45, 7) is 10.5. The van der Waals surface area contributed by atoms with Crippen molar-refractivity contribution in [2.24, 2.45) is 10.8 Å². The summed E-state index contributed by atoms with van der Waals surface area (Å²) in [6, 6.07) is 12.8. The molecule has 4 heteroatoms. The quantitative estimate of drug-likeness (QED) is 0.458. The number of fused-ring (bicyclic) bond motifs is 3. The molecule has 0 aliphatic rings. The molecular formula is C24H30F3N. The van der Waals surface area contributed by atoms with Gasteiger partial charge < -0.3 is 4.98 Å². The van der Waals surface area contributed by atoms with E-state index in [1.165, 1.54) is 10.9 Å². The first-order chi connectivity index (χ1) is 12.8. The molecule has 0 unspecified atom stereocenters. The Morgan fingerprint density at radius 3 is 2.00 bits per heavy atom. The van der Waals surface area contributed by atoms with Crippen LogP contribution in [0.1, 0.15) is 58.6 Å². The van der Waals surface area contributed by atoms with Crippen LogP contribution >= 0.6 is 0 Å². The first kappa shape index (κ1) is 20.8. The molecule has 0 aliphatic heterocycles. The number of alkyl halides is 3. The van der Waals surface area contributed by atoms with Gasteiger partial charge in [0.2, 0.25) is 0 Å². The molecule has 1 N–H and O–H groups in total. The highest BCUT2D eigenvalue weighted by atomic mass is 19.4. The van der Waals surface area contributed by atoms with Gasteiger partial charge in [0.05, 0.1) is 0 Å². The molecule has 28 heavy (non-hydrogen) atoms. The number of H-pyrrole nitrogens is 1. The van der Waals surface area contributed by atoms with Crippen molar-refractivity contribution in [2.75, 3.05) is 0 Å². The van der Waals surface area contributed by atoms with Gasteiger partial charge in [-0.3, -0.25) is 0 Å². The lowest BCUT2D eigenvalue weighted by Crippen LogP contribution is -2.19. The summed E-state index contributed by atoms with van der Waals surface area (Å²) in [5, 5.41) is 2.31. The fourth-order valence-electron chi connectivity index (χ4n) is 3.95. The van der Waals surface area contributed by atoms with Crippen LogP contribution in [0.4, 0.5) is 13.2 Å². The highest BCUT2D eigenvalue weighted by Gasteiger charge is 2.31. The van der Waals surface area contributed by atoms with Gasteiger partial charge in [-0.2, -0.15) is 13.2 Å². The zero-order chi connectivity index (χ0) is 20.7. The number of aromatic amines is 1. The molecule has 0 fully saturated rings. The molecule has 0 atom stereocenters. The Labute approximate surface area is 165 Å². The molecule has 1 heterocycles. The largest absolute Gasteiger partial charge is 0.389 e. The van der Waals surface area contributed by atoms with Crippen LogP contribution in [-0.4, -0.2) is 11.2 Å². The van der Waals surface area contributed by atoms with Crippen LogP contribution < -0.4 is 0 Å². The minimum absolute atomic E-state index is 0.137. The fourth-order valence-corrected chi connectivity index (χ4v) is 3.95. The average molecular weight is 390 g/mol. The molecule has 0 radical (unpaired) electrons. The SMILES string of the molecule is CC(C)(C)Cc1ccc2c(c1)[nH]c1ccc(CC(C)(C)CCC(F)(F)F)cc12. The summed E-state index contributed by atoms with van der Waals surface area (Å²) in [6.07, 6.45) is -3.04. The topological polar surface area (TPSA) is 15.8 Å². The number of hydrogen-bond acceptors (Lipinski definition) is 0. The van der Waals surface area contributed by atoms with E-state index in [9.17, 15) is 13.2 Å². The average Bonchev–Trinajstić information content (AvgIpc) is 2.87. The molecule has 0 aliphatic carbocycles. The molecule has 152 valence electrons. The lowest BCUT2D eigenvalue weighted by Gasteiger charge is -2.25. The Balaban J connectivity index is 1.87. The van der Waals surface area contributed by atoms with Crippen LogP contribution in [0.3, 0.4) is 0 Å². The molecule has 0 saturated heterocycles. The standard InChI is InChI=1S/C24H30F3N/c1-22(2,3)14-17-6-8-18-19-12-16(7-9-20(19)28-21(18)13-17)15-23(4,5)10-11-24(25,26)27/h6-9,12-13,28H,10-11,14-15H2,1-5H3. The second-order valence-corrected chi connectivity index (χ2v) is 10.1. The van der Waals surface area contributed by atoms with Crippen molar-refractivity contribution >= 4 is 21.8 Å². The van der Waals surface area contributed by atoms with Crippen molar-refractivity contribution in [3.63, 3.8) is 0 Å². The highest BCUT2D eigenvalue weighted by molar-refractivity contribution is 6.07. The summed E-state index contributed by atoms with van der Waals surface area (Å²) in [5.41, 5.74) is 4.41. The normalized spacial score (nSPS) is 13.6. The van der Waals surface area contributed by atoms with E-state index in [1.54, 1.807) is 0 Å². The Morgan fingerprint density at radius 2 is 1.36 bits per heavy atom. The first-order valence-electron chi connectivity index (χ1n) is 9.91. The molecular weight excluding hydrogens is 359 g/mol. The highest BCUT2D eigenvalue weighted by Crippen LogP contribution is 2.35. The minimum Gasteiger partial charge on any atom is -0.355 e. The predicted octanol–water partition coefficient (Wildman–Crippen LogP) is 7.82. The maximum atomic E-state index is 12.6. The third kappa shape index (κ3) is 5.30. The van der Waals surface area contributed by atoms with Gasteiger partial charge in [-0.05, 0) is 59.4 Å². The summed E-state index contributed by atoms with van der Waals surface area (Å²) >= 11 is 0. The summed E-state index contributed by atoms with van der Waals surface area (Å²) in [5.74, 6) is 0. The van der Waals surface area contributed by atoms with Crippen molar-refractivity contribution in [1.29, 1.82) is 0 Å². The first-order valence-corrected chi connectivity index (χ1v) is 9.91. The number of benzene rings is 2. The van der Waals surface area contributed by atoms with Crippen LogP contribution in [0.25, 0.3) is 21.8 Å². The zero-order valence-electron chi connectivity index (χ0n) is 17.4. The Kier molecular flexibility index (Phi) is 5.28. The van der Waals surface area contributed by atoms with Crippen molar-refractivity contribution in [1.82, 2.24) is 4.98 Å². The van der Waals surface area contributed by atoms with E-state index in [2.05, 4.69) is 50.0 Å². The molecule has 1 nitrogen and oxygen atoms in total. The Morgan fingerprint density at radius 1 is 0.714 bits per heavy atom. The third-order valence-electron chi connectivity index (χ3n) is 5.23. The van der Waals surface area contributed by atoms with Crippen LogP contribution in [0.15, 0.2) is 36.4 Å². The molecule has 0 spiro atoms. The fraction of sp³-hybridized carbons (Fsp3) is 0.500. The van der Waals surface area contributed by atoms with Crippen molar-refractivity contribution in [2.45, 2.75) is 66.5 Å². The lowest BCUT2D eigenvalue weighted by atomic mass is 9.81.